The number of ether oxygens (including phenoxy) is 1. The molecule has 0 radical (unpaired) electrons. The van der Waals surface area contributed by atoms with E-state index in [0.717, 1.165) is 4.47 Å². The number of nitrogens with two attached hydrogens (primary N) is 1. The van der Waals surface area contributed by atoms with Crippen LogP contribution in [0.2, 0.25) is 0 Å². The van der Waals surface area contributed by atoms with Crippen LogP contribution < -0.4 is 10.5 Å². The van der Waals surface area contributed by atoms with Gasteiger partial charge in [-0.25, -0.2) is 4.39 Å². The first-order chi connectivity index (χ1) is 6.56. The molecule has 0 spiro atoms. The van der Waals surface area contributed by atoms with E-state index in [1.807, 2.05) is 6.92 Å². The molecule has 0 aliphatic carbocycles. The Labute approximate surface area is 91.4 Å². The van der Waals surface area contributed by atoms with E-state index in [9.17, 15) is 4.39 Å². The molecule has 78 valence electrons. The molecule has 14 heavy (non-hydrogen) atoms. The van der Waals surface area contributed by atoms with E-state index in [0.29, 0.717) is 17.7 Å². The van der Waals surface area contributed by atoms with Gasteiger partial charge in [-0.3, -0.25) is 0 Å². The van der Waals surface area contributed by atoms with Gasteiger partial charge in [0.1, 0.15) is 11.6 Å². The number of methoxy groups -OCH3 is 1. The second-order valence-electron chi connectivity index (χ2n) is 3.22. The molecule has 2 nitrogen and oxygen atoms in total. The maximum atomic E-state index is 13.4. The molecule has 1 aromatic carbocycles. The third-order valence-corrected chi connectivity index (χ3v) is 2.51. The summed E-state index contributed by atoms with van der Waals surface area (Å²) >= 11 is 3.30. The van der Waals surface area contributed by atoms with Crippen molar-refractivity contribution in [3.63, 3.8) is 0 Å². The largest absolute Gasteiger partial charge is 0.495 e. The Balaban J connectivity index is 3.16. The highest BCUT2D eigenvalue weighted by molar-refractivity contribution is 9.10. The van der Waals surface area contributed by atoms with Crippen LogP contribution in [0.1, 0.15) is 12.5 Å². The Morgan fingerprint density at radius 2 is 2.21 bits per heavy atom. The molecular weight excluding hydrogens is 249 g/mol. The molecule has 1 aromatic rings. The monoisotopic (exact) mass is 261 g/mol. The Morgan fingerprint density at radius 1 is 1.57 bits per heavy atom. The first-order valence-corrected chi connectivity index (χ1v) is 5.12. The summed E-state index contributed by atoms with van der Waals surface area (Å²) in [5.41, 5.74) is 6.15. The second-order valence-corrected chi connectivity index (χ2v) is 4.08. The molecule has 2 N–H and O–H groups in total. The zero-order valence-corrected chi connectivity index (χ0v) is 9.77. The lowest BCUT2D eigenvalue weighted by atomic mass is 10.1. The fourth-order valence-electron chi connectivity index (χ4n) is 1.31. The lowest BCUT2D eigenvalue weighted by Crippen LogP contribution is -2.19. The number of hydrogen-bond donors (Lipinski definition) is 1. The van der Waals surface area contributed by atoms with E-state index in [1.54, 1.807) is 6.07 Å². The van der Waals surface area contributed by atoms with Crippen molar-refractivity contribution in [3.8, 4) is 5.75 Å². The van der Waals surface area contributed by atoms with Gasteiger partial charge < -0.3 is 10.5 Å². The van der Waals surface area contributed by atoms with Crippen molar-refractivity contribution in [2.75, 3.05) is 7.11 Å². The number of rotatable bonds is 3. The van der Waals surface area contributed by atoms with E-state index in [1.165, 1.54) is 13.2 Å². The third-order valence-electron chi connectivity index (χ3n) is 1.89. The highest BCUT2D eigenvalue weighted by Crippen LogP contribution is 2.31. The average molecular weight is 262 g/mol. The molecule has 1 unspecified atom stereocenters. The highest BCUT2D eigenvalue weighted by atomic mass is 79.9. The summed E-state index contributed by atoms with van der Waals surface area (Å²) in [5, 5.41) is 0. The van der Waals surface area contributed by atoms with Gasteiger partial charge in [0, 0.05) is 11.6 Å². The normalized spacial score (nSPS) is 12.6. The van der Waals surface area contributed by atoms with Gasteiger partial charge >= 0.3 is 0 Å². The van der Waals surface area contributed by atoms with Crippen LogP contribution in [0.3, 0.4) is 0 Å². The summed E-state index contributed by atoms with van der Waals surface area (Å²) in [7, 11) is 1.52. The molecule has 0 heterocycles. The molecule has 0 amide bonds. The molecule has 0 aliphatic rings. The van der Waals surface area contributed by atoms with Crippen molar-refractivity contribution in [2.45, 2.75) is 19.4 Å². The number of hydrogen-bond acceptors (Lipinski definition) is 2. The maximum Gasteiger partial charge on any atom is 0.139 e. The van der Waals surface area contributed by atoms with Crippen molar-refractivity contribution in [3.05, 3.63) is 28.0 Å². The summed E-state index contributed by atoms with van der Waals surface area (Å²) in [6, 6.07) is 2.94. The van der Waals surface area contributed by atoms with E-state index >= 15 is 0 Å². The molecule has 0 aliphatic heterocycles. The standard InChI is InChI=1S/C10H13BrFNO/c1-6(13)5-7-9(12)4-3-8(11)10(7)14-2/h3-4,6H,5,13H2,1-2H3. The van der Waals surface area contributed by atoms with Gasteiger partial charge in [0.2, 0.25) is 0 Å². The van der Waals surface area contributed by atoms with Gasteiger partial charge in [-0.15, -0.1) is 0 Å². The van der Waals surface area contributed by atoms with Gasteiger partial charge in [0.15, 0.2) is 0 Å². The molecule has 4 heteroatoms. The number of halogens is 2. The van der Waals surface area contributed by atoms with E-state index in [2.05, 4.69) is 15.9 Å². The van der Waals surface area contributed by atoms with Crippen LogP contribution in [-0.2, 0) is 6.42 Å². The summed E-state index contributed by atoms with van der Waals surface area (Å²) in [5.74, 6) is 0.254. The Bertz CT molecular complexity index is 328. The van der Waals surface area contributed by atoms with E-state index < -0.39 is 0 Å². The summed E-state index contributed by atoms with van der Waals surface area (Å²) in [6.07, 6.45) is 0.467. The van der Waals surface area contributed by atoms with Gasteiger partial charge in [-0.2, -0.15) is 0 Å². The quantitative estimate of drug-likeness (QED) is 0.908. The van der Waals surface area contributed by atoms with E-state index in [4.69, 9.17) is 10.5 Å². The molecule has 0 fully saturated rings. The van der Waals surface area contributed by atoms with Crippen molar-refractivity contribution in [1.29, 1.82) is 0 Å². The molecule has 1 atom stereocenters. The summed E-state index contributed by atoms with van der Waals surface area (Å²) < 4.78 is 19.3. The lowest BCUT2D eigenvalue weighted by Gasteiger charge is -2.13. The Kier molecular flexibility index (Phi) is 3.89. The summed E-state index contributed by atoms with van der Waals surface area (Å²) in [6.45, 7) is 1.83. The molecule has 0 aromatic heterocycles. The predicted molar refractivity (Wildman–Crippen MR) is 58.0 cm³/mol. The second kappa shape index (κ2) is 4.75. The third kappa shape index (κ3) is 2.45. The van der Waals surface area contributed by atoms with Crippen LogP contribution in [0.25, 0.3) is 0 Å². The first kappa shape index (κ1) is 11.5. The zero-order valence-electron chi connectivity index (χ0n) is 8.18. The topological polar surface area (TPSA) is 35.2 Å². The van der Waals surface area contributed by atoms with Gasteiger partial charge in [-0.05, 0) is 41.4 Å². The molecule has 0 saturated carbocycles. The van der Waals surface area contributed by atoms with Crippen molar-refractivity contribution >= 4 is 15.9 Å². The van der Waals surface area contributed by atoms with Crippen LogP contribution in [-0.4, -0.2) is 13.2 Å². The fourth-order valence-corrected chi connectivity index (χ4v) is 1.84. The van der Waals surface area contributed by atoms with Crippen molar-refractivity contribution in [1.82, 2.24) is 0 Å². The minimum Gasteiger partial charge on any atom is -0.495 e. The maximum absolute atomic E-state index is 13.4. The Morgan fingerprint density at radius 3 is 2.71 bits per heavy atom. The smallest absolute Gasteiger partial charge is 0.139 e. The zero-order chi connectivity index (χ0) is 10.7. The van der Waals surface area contributed by atoms with Crippen LogP contribution >= 0.6 is 15.9 Å². The van der Waals surface area contributed by atoms with E-state index in [-0.39, 0.29) is 11.9 Å². The van der Waals surface area contributed by atoms with Crippen molar-refractivity contribution in [2.24, 2.45) is 5.73 Å². The molecule has 1 rings (SSSR count). The highest BCUT2D eigenvalue weighted by Gasteiger charge is 2.13. The molecule has 0 bridgehead atoms. The first-order valence-electron chi connectivity index (χ1n) is 4.32. The van der Waals surface area contributed by atoms with Crippen molar-refractivity contribution < 1.29 is 9.13 Å². The minimum atomic E-state index is -0.276. The van der Waals surface area contributed by atoms with Gasteiger partial charge in [-0.1, -0.05) is 0 Å². The van der Waals surface area contributed by atoms with Gasteiger partial charge in [0.25, 0.3) is 0 Å². The average Bonchev–Trinajstić information content (AvgIpc) is 2.11. The van der Waals surface area contributed by atoms with Crippen LogP contribution in [0.15, 0.2) is 16.6 Å². The molecule has 0 saturated heterocycles. The van der Waals surface area contributed by atoms with Gasteiger partial charge in [0.05, 0.1) is 11.6 Å². The molecular formula is C10H13BrFNO. The SMILES string of the molecule is COc1c(Br)ccc(F)c1CC(C)N. The number of benzene rings is 1. The predicted octanol–water partition coefficient (Wildman–Crippen LogP) is 2.49. The Hall–Kier alpha value is -0.610. The van der Waals surface area contributed by atoms with Crippen LogP contribution in [0.4, 0.5) is 4.39 Å². The summed E-state index contributed by atoms with van der Waals surface area (Å²) in [4.78, 5) is 0. The van der Waals surface area contributed by atoms with Crippen LogP contribution in [0, 0.1) is 5.82 Å². The minimum absolute atomic E-state index is 0.0901. The fraction of sp³-hybridized carbons (Fsp3) is 0.400. The van der Waals surface area contributed by atoms with Crippen LogP contribution in [0.5, 0.6) is 5.75 Å². The lowest BCUT2D eigenvalue weighted by molar-refractivity contribution is 0.400.